The first-order valence-corrected chi connectivity index (χ1v) is 8.36. The third-order valence-corrected chi connectivity index (χ3v) is 5.35. The van der Waals surface area contributed by atoms with E-state index >= 15 is 0 Å². The Bertz CT molecular complexity index is 649. The number of nitrogens with zero attached hydrogens (tertiary/aromatic N) is 1. The molecule has 1 aliphatic heterocycles. The van der Waals surface area contributed by atoms with Gasteiger partial charge in [-0.2, -0.15) is 4.31 Å². The molecule has 22 heavy (non-hydrogen) atoms. The number of piperazine rings is 1. The quantitative estimate of drug-likeness (QED) is 0.865. The third kappa shape index (κ3) is 4.19. The predicted molar refractivity (Wildman–Crippen MR) is 89.0 cm³/mol. The highest BCUT2D eigenvalue weighted by molar-refractivity contribution is 7.89. The van der Waals surface area contributed by atoms with Crippen LogP contribution in [0, 0.1) is 6.92 Å². The van der Waals surface area contributed by atoms with Crippen LogP contribution < -0.4 is 10.6 Å². The monoisotopic (exact) mass is 347 g/mol. The van der Waals surface area contributed by atoms with E-state index in [2.05, 4.69) is 10.6 Å². The molecular weight excluding hydrogens is 326 g/mol. The summed E-state index contributed by atoms with van der Waals surface area (Å²) in [5.41, 5.74) is 1.37. The highest BCUT2D eigenvalue weighted by Gasteiger charge is 2.28. The molecule has 0 spiro atoms. The molecule has 1 amide bonds. The van der Waals surface area contributed by atoms with Gasteiger partial charge in [-0.05, 0) is 31.5 Å². The number of benzene rings is 1. The van der Waals surface area contributed by atoms with Crippen LogP contribution in [0.25, 0.3) is 0 Å². The summed E-state index contributed by atoms with van der Waals surface area (Å²) >= 11 is 0. The highest BCUT2D eigenvalue weighted by atomic mass is 35.5. The van der Waals surface area contributed by atoms with E-state index in [4.69, 9.17) is 0 Å². The molecule has 1 fully saturated rings. The van der Waals surface area contributed by atoms with Gasteiger partial charge in [0.25, 0.3) is 0 Å². The average molecular weight is 348 g/mol. The molecule has 8 heteroatoms. The molecular formula is C14H22ClN3O3S. The number of hydrogen-bond donors (Lipinski definition) is 2. The Balaban J connectivity index is 0.00000242. The molecule has 6 nitrogen and oxygen atoms in total. The summed E-state index contributed by atoms with van der Waals surface area (Å²) < 4.78 is 26.8. The minimum absolute atomic E-state index is 0. The van der Waals surface area contributed by atoms with Gasteiger partial charge in [-0.25, -0.2) is 8.42 Å². The normalized spacial score (nSPS) is 19.3. The van der Waals surface area contributed by atoms with Crippen LogP contribution >= 0.6 is 12.4 Å². The van der Waals surface area contributed by atoms with Crippen molar-refractivity contribution >= 4 is 34.0 Å². The maximum atomic E-state index is 12.7. The summed E-state index contributed by atoms with van der Waals surface area (Å²) in [6, 6.07) is 4.96. The fraction of sp³-hybridized carbons (Fsp3) is 0.500. The minimum atomic E-state index is -3.53. The van der Waals surface area contributed by atoms with Gasteiger partial charge >= 0.3 is 0 Å². The number of aryl methyl sites for hydroxylation is 1. The number of carbonyl (C=O) groups excluding carboxylic acids is 1. The Morgan fingerprint density at radius 1 is 1.41 bits per heavy atom. The molecule has 0 radical (unpaired) electrons. The maximum Gasteiger partial charge on any atom is 0.243 e. The summed E-state index contributed by atoms with van der Waals surface area (Å²) in [4.78, 5) is 11.4. The van der Waals surface area contributed by atoms with Crippen molar-refractivity contribution in [2.75, 3.05) is 25.0 Å². The average Bonchev–Trinajstić information content (AvgIpc) is 2.40. The molecule has 1 aromatic carbocycles. The number of carbonyl (C=O) groups is 1. The molecule has 1 saturated heterocycles. The number of halogens is 1. The fourth-order valence-electron chi connectivity index (χ4n) is 2.35. The van der Waals surface area contributed by atoms with Crippen molar-refractivity contribution in [3.05, 3.63) is 23.8 Å². The van der Waals surface area contributed by atoms with Crippen molar-refractivity contribution in [2.24, 2.45) is 0 Å². The number of sulfonamides is 1. The van der Waals surface area contributed by atoms with Gasteiger partial charge < -0.3 is 10.6 Å². The van der Waals surface area contributed by atoms with Crippen LogP contribution in [0.1, 0.15) is 19.4 Å². The van der Waals surface area contributed by atoms with Crippen molar-refractivity contribution in [3.8, 4) is 0 Å². The SMILES string of the molecule is CC(=O)Nc1cc(S(=O)(=O)N2CCNC(C)C2)ccc1C.Cl. The topological polar surface area (TPSA) is 78.5 Å². The van der Waals surface area contributed by atoms with E-state index in [1.165, 1.54) is 17.3 Å². The zero-order valence-electron chi connectivity index (χ0n) is 12.9. The summed E-state index contributed by atoms with van der Waals surface area (Å²) in [5.74, 6) is -0.219. The van der Waals surface area contributed by atoms with Crippen molar-refractivity contribution in [1.82, 2.24) is 9.62 Å². The van der Waals surface area contributed by atoms with E-state index in [1.54, 1.807) is 12.1 Å². The lowest BCUT2D eigenvalue weighted by atomic mass is 10.2. The molecule has 0 aromatic heterocycles. The first-order chi connectivity index (χ1) is 9.80. The van der Waals surface area contributed by atoms with Gasteiger partial charge in [0.05, 0.1) is 4.90 Å². The summed E-state index contributed by atoms with van der Waals surface area (Å²) in [5, 5.41) is 5.88. The second-order valence-corrected chi connectivity index (χ2v) is 7.31. The van der Waals surface area contributed by atoms with Crippen molar-refractivity contribution in [2.45, 2.75) is 31.7 Å². The molecule has 0 saturated carbocycles. The second kappa shape index (κ2) is 7.41. The van der Waals surface area contributed by atoms with Gasteiger partial charge in [0, 0.05) is 38.3 Å². The summed E-state index contributed by atoms with van der Waals surface area (Å²) in [6.45, 7) is 6.74. The Hall–Kier alpha value is -1.15. The van der Waals surface area contributed by atoms with Crippen LogP contribution in [0.3, 0.4) is 0 Å². The smallest absolute Gasteiger partial charge is 0.243 e. The number of rotatable bonds is 3. The molecule has 1 aromatic rings. The number of hydrogen-bond acceptors (Lipinski definition) is 4. The van der Waals surface area contributed by atoms with Crippen LogP contribution in [0.4, 0.5) is 5.69 Å². The molecule has 1 unspecified atom stereocenters. The van der Waals surface area contributed by atoms with Crippen LogP contribution in [0.5, 0.6) is 0 Å². The van der Waals surface area contributed by atoms with E-state index in [1.807, 2.05) is 13.8 Å². The first kappa shape index (κ1) is 18.9. The van der Waals surface area contributed by atoms with Gasteiger partial charge in [-0.3, -0.25) is 4.79 Å². The van der Waals surface area contributed by atoms with Crippen molar-refractivity contribution in [1.29, 1.82) is 0 Å². The Morgan fingerprint density at radius 3 is 2.68 bits per heavy atom. The predicted octanol–water partition coefficient (Wildman–Crippen LogP) is 1.36. The van der Waals surface area contributed by atoms with Gasteiger partial charge in [0.1, 0.15) is 0 Å². The van der Waals surface area contributed by atoms with E-state index in [9.17, 15) is 13.2 Å². The first-order valence-electron chi connectivity index (χ1n) is 6.92. The third-order valence-electron chi connectivity index (χ3n) is 3.49. The van der Waals surface area contributed by atoms with Crippen LogP contribution in [-0.4, -0.2) is 44.3 Å². The van der Waals surface area contributed by atoms with Gasteiger partial charge in [-0.1, -0.05) is 6.07 Å². The molecule has 124 valence electrons. The Kier molecular flexibility index (Phi) is 6.37. The van der Waals surface area contributed by atoms with Gasteiger partial charge in [0.15, 0.2) is 0 Å². The molecule has 1 aliphatic rings. The van der Waals surface area contributed by atoms with E-state index in [0.29, 0.717) is 25.3 Å². The molecule has 1 heterocycles. The van der Waals surface area contributed by atoms with Crippen LogP contribution in [0.15, 0.2) is 23.1 Å². The Labute approximate surface area is 137 Å². The second-order valence-electron chi connectivity index (χ2n) is 5.38. The van der Waals surface area contributed by atoms with Crippen molar-refractivity contribution < 1.29 is 13.2 Å². The summed E-state index contributed by atoms with van der Waals surface area (Å²) in [6.07, 6.45) is 0. The minimum Gasteiger partial charge on any atom is -0.326 e. The molecule has 2 N–H and O–H groups in total. The van der Waals surface area contributed by atoms with E-state index in [0.717, 1.165) is 5.56 Å². The van der Waals surface area contributed by atoms with E-state index in [-0.39, 0.29) is 29.3 Å². The van der Waals surface area contributed by atoms with Crippen LogP contribution in [-0.2, 0) is 14.8 Å². The highest BCUT2D eigenvalue weighted by Crippen LogP contribution is 2.23. The molecule has 0 bridgehead atoms. The standard InChI is InChI=1S/C14H21N3O3S.ClH/c1-10-4-5-13(8-14(10)16-12(3)18)21(19,20)17-7-6-15-11(2)9-17;/h4-5,8,11,15H,6-7,9H2,1-3H3,(H,16,18);1H. The zero-order valence-corrected chi connectivity index (χ0v) is 14.6. The summed E-state index contributed by atoms with van der Waals surface area (Å²) in [7, 11) is -3.53. The van der Waals surface area contributed by atoms with E-state index < -0.39 is 10.0 Å². The fourth-order valence-corrected chi connectivity index (χ4v) is 3.91. The largest absolute Gasteiger partial charge is 0.326 e. The number of nitrogens with one attached hydrogen (secondary N) is 2. The lowest BCUT2D eigenvalue weighted by molar-refractivity contribution is -0.114. The Morgan fingerprint density at radius 2 is 2.09 bits per heavy atom. The number of amides is 1. The zero-order chi connectivity index (χ0) is 15.6. The lowest BCUT2D eigenvalue weighted by Gasteiger charge is -2.31. The lowest BCUT2D eigenvalue weighted by Crippen LogP contribution is -2.51. The maximum absolute atomic E-state index is 12.7. The van der Waals surface area contributed by atoms with Crippen LogP contribution in [0.2, 0.25) is 0 Å². The molecule has 0 aliphatic carbocycles. The van der Waals surface area contributed by atoms with Crippen molar-refractivity contribution in [3.63, 3.8) is 0 Å². The molecule has 2 rings (SSSR count). The van der Waals surface area contributed by atoms with Gasteiger partial charge in [-0.15, -0.1) is 12.4 Å². The number of anilines is 1. The van der Waals surface area contributed by atoms with Gasteiger partial charge in [0.2, 0.25) is 15.9 Å². The molecule has 1 atom stereocenters.